The summed E-state index contributed by atoms with van der Waals surface area (Å²) in [5, 5.41) is 14.4. The fourth-order valence-electron chi connectivity index (χ4n) is 3.38. The van der Waals surface area contributed by atoms with Crippen LogP contribution in [-0.2, 0) is 14.3 Å². The summed E-state index contributed by atoms with van der Waals surface area (Å²) in [4.78, 5) is 66.8. The highest BCUT2D eigenvalue weighted by molar-refractivity contribution is 5.95. The van der Waals surface area contributed by atoms with Crippen molar-refractivity contribution in [2.75, 3.05) is 19.8 Å². The number of aromatic nitrogens is 2. The Labute approximate surface area is 217 Å². The van der Waals surface area contributed by atoms with Gasteiger partial charge in [-0.15, -0.1) is 0 Å². The van der Waals surface area contributed by atoms with Crippen molar-refractivity contribution >= 4 is 23.9 Å². The molecule has 0 aliphatic rings. The number of ether oxygens (including phenoxy) is 2. The lowest BCUT2D eigenvalue weighted by Crippen LogP contribution is -2.38. The van der Waals surface area contributed by atoms with Gasteiger partial charge in [-0.25, -0.2) is 9.78 Å². The largest absolute Gasteiger partial charge is 0.508 e. The first kappa shape index (κ1) is 27.6. The van der Waals surface area contributed by atoms with Crippen molar-refractivity contribution < 1.29 is 33.8 Å². The molecular weight excluding hydrogens is 496 g/mol. The second-order valence-corrected chi connectivity index (χ2v) is 7.94. The summed E-state index contributed by atoms with van der Waals surface area (Å²) in [7, 11) is 0. The normalized spacial score (nSPS) is 11.3. The maximum atomic E-state index is 13.0. The molecule has 1 unspecified atom stereocenters. The molecule has 0 saturated heterocycles. The van der Waals surface area contributed by atoms with Gasteiger partial charge in [-0.3, -0.25) is 19.2 Å². The number of amides is 2. The molecule has 0 bridgehead atoms. The number of carboxylic acid groups (broad SMARTS) is 1. The number of hydrogen-bond acceptors (Lipinski definition) is 8. The number of aromatic amines is 1. The number of aliphatic carboxylic acids is 1. The minimum Gasteiger partial charge on any atom is -0.481 e. The van der Waals surface area contributed by atoms with Crippen LogP contribution in [0.1, 0.15) is 45.1 Å². The van der Waals surface area contributed by atoms with E-state index < -0.39 is 60.4 Å². The lowest BCUT2D eigenvalue weighted by Gasteiger charge is -2.19. The number of carbonyl (C=O) groups excluding carboxylic acids is 3. The number of rotatable bonds is 11. The van der Waals surface area contributed by atoms with Crippen molar-refractivity contribution in [1.82, 2.24) is 20.6 Å². The van der Waals surface area contributed by atoms with E-state index in [4.69, 9.17) is 0 Å². The second-order valence-electron chi connectivity index (χ2n) is 7.94. The van der Waals surface area contributed by atoms with E-state index in [1.165, 1.54) is 0 Å². The molecule has 2 amide bonds. The SMILES string of the molecule is CCOC(=O)OCC(CNC(=O)c1ncc(C(=O)NC(c2ccccc2)c2ccccc2)c(=O)[nH]1)C(=O)O. The van der Waals surface area contributed by atoms with E-state index in [0.29, 0.717) is 0 Å². The Balaban J connectivity index is 1.68. The molecule has 38 heavy (non-hydrogen) atoms. The molecule has 2 aromatic carbocycles. The van der Waals surface area contributed by atoms with Crippen LogP contribution in [0.3, 0.4) is 0 Å². The molecule has 0 saturated carbocycles. The quantitative estimate of drug-likeness (QED) is 0.274. The maximum absolute atomic E-state index is 13.0. The number of carboxylic acids is 1. The van der Waals surface area contributed by atoms with Crippen molar-refractivity contribution in [2.45, 2.75) is 13.0 Å². The number of nitrogens with one attached hydrogen (secondary N) is 3. The minimum absolute atomic E-state index is 0.0551. The third-order valence-electron chi connectivity index (χ3n) is 5.32. The van der Waals surface area contributed by atoms with Gasteiger partial charge in [0.2, 0.25) is 0 Å². The molecule has 1 atom stereocenters. The molecule has 12 nitrogen and oxygen atoms in total. The van der Waals surface area contributed by atoms with E-state index in [0.717, 1.165) is 17.3 Å². The Morgan fingerprint density at radius 1 is 0.947 bits per heavy atom. The molecular formula is C26H26N4O8. The number of nitrogens with zero attached hydrogens (tertiary/aromatic N) is 1. The van der Waals surface area contributed by atoms with Gasteiger partial charge in [-0.2, -0.15) is 0 Å². The molecule has 0 aliphatic heterocycles. The van der Waals surface area contributed by atoms with Crippen LogP contribution in [0.25, 0.3) is 0 Å². The zero-order valence-corrected chi connectivity index (χ0v) is 20.4. The fraction of sp³-hybridized carbons (Fsp3) is 0.231. The monoisotopic (exact) mass is 522 g/mol. The van der Waals surface area contributed by atoms with E-state index in [1.54, 1.807) is 6.92 Å². The molecule has 12 heteroatoms. The number of carbonyl (C=O) groups is 4. The Morgan fingerprint density at radius 3 is 2.08 bits per heavy atom. The molecule has 0 aliphatic carbocycles. The van der Waals surface area contributed by atoms with Gasteiger partial charge in [0.15, 0.2) is 5.82 Å². The van der Waals surface area contributed by atoms with Crippen LogP contribution in [0.2, 0.25) is 0 Å². The topological polar surface area (TPSA) is 177 Å². The summed E-state index contributed by atoms with van der Waals surface area (Å²) < 4.78 is 9.25. The Hall–Kier alpha value is -5.00. The van der Waals surface area contributed by atoms with E-state index in [2.05, 4.69) is 30.1 Å². The zero-order chi connectivity index (χ0) is 27.5. The molecule has 3 aromatic rings. The van der Waals surface area contributed by atoms with E-state index >= 15 is 0 Å². The van der Waals surface area contributed by atoms with Gasteiger partial charge in [0.1, 0.15) is 18.1 Å². The summed E-state index contributed by atoms with van der Waals surface area (Å²) in [6.45, 7) is 0.653. The number of benzene rings is 2. The molecule has 1 heterocycles. The Bertz CT molecular complexity index is 1290. The first-order valence-electron chi connectivity index (χ1n) is 11.6. The number of hydrogen-bond donors (Lipinski definition) is 4. The molecule has 0 radical (unpaired) electrons. The average molecular weight is 523 g/mol. The highest BCUT2D eigenvalue weighted by Gasteiger charge is 2.23. The van der Waals surface area contributed by atoms with Crippen LogP contribution in [0.15, 0.2) is 71.7 Å². The highest BCUT2D eigenvalue weighted by atomic mass is 16.7. The van der Waals surface area contributed by atoms with Crippen LogP contribution in [-0.4, -0.2) is 58.8 Å². The fourth-order valence-corrected chi connectivity index (χ4v) is 3.38. The summed E-state index contributed by atoms with van der Waals surface area (Å²) in [6.07, 6.45) is -0.0685. The molecule has 0 fully saturated rings. The highest BCUT2D eigenvalue weighted by Crippen LogP contribution is 2.22. The predicted octanol–water partition coefficient (Wildman–Crippen LogP) is 1.89. The predicted molar refractivity (Wildman–Crippen MR) is 133 cm³/mol. The lowest BCUT2D eigenvalue weighted by atomic mass is 9.98. The smallest absolute Gasteiger partial charge is 0.481 e. The third kappa shape index (κ3) is 7.50. The van der Waals surface area contributed by atoms with Gasteiger partial charge >= 0.3 is 12.1 Å². The van der Waals surface area contributed by atoms with Crippen LogP contribution < -0.4 is 16.2 Å². The van der Waals surface area contributed by atoms with Crippen LogP contribution in [0, 0.1) is 5.92 Å². The average Bonchev–Trinajstić information content (AvgIpc) is 2.92. The van der Waals surface area contributed by atoms with Crippen molar-refractivity contribution in [3.63, 3.8) is 0 Å². The summed E-state index contributed by atoms with van der Waals surface area (Å²) in [5.41, 5.74) is 0.423. The lowest BCUT2D eigenvalue weighted by molar-refractivity contribution is -0.143. The van der Waals surface area contributed by atoms with E-state index in [1.807, 2.05) is 60.7 Å². The third-order valence-corrected chi connectivity index (χ3v) is 5.32. The Kier molecular flexibility index (Phi) is 9.69. The van der Waals surface area contributed by atoms with Gasteiger partial charge in [-0.1, -0.05) is 60.7 Å². The van der Waals surface area contributed by atoms with Gasteiger partial charge < -0.3 is 30.2 Å². The summed E-state index contributed by atoms with van der Waals surface area (Å²) in [6, 6.07) is 17.8. The van der Waals surface area contributed by atoms with Crippen LogP contribution in [0.5, 0.6) is 0 Å². The van der Waals surface area contributed by atoms with E-state index in [9.17, 15) is 29.1 Å². The van der Waals surface area contributed by atoms with Gasteiger partial charge in [0, 0.05) is 12.7 Å². The van der Waals surface area contributed by atoms with Gasteiger partial charge in [-0.05, 0) is 18.1 Å². The minimum atomic E-state index is -1.32. The van der Waals surface area contributed by atoms with Crippen molar-refractivity contribution in [2.24, 2.45) is 5.92 Å². The number of H-pyrrole nitrogens is 1. The van der Waals surface area contributed by atoms with E-state index in [-0.39, 0.29) is 12.2 Å². The second kappa shape index (κ2) is 13.3. The maximum Gasteiger partial charge on any atom is 0.508 e. The molecule has 0 spiro atoms. The van der Waals surface area contributed by atoms with Crippen molar-refractivity contribution in [3.05, 3.63) is 99.7 Å². The van der Waals surface area contributed by atoms with Crippen LogP contribution in [0.4, 0.5) is 4.79 Å². The summed E-state index contributed by atoms with van der Waals surface area (Å²) in [5.74, 6) is -4.61. The molecule has 3 rings (SSSR count). The summed E-state index contributed by atoms with van der Waals surface area (Å²) >= 11 is 0. The van der Waals surface area contributed by atoms with Crippen molar-refractivity contribution in [1.29, 1.82) is 0 Å². The van der Waals surface area contributed by atoms with Gasteiger partial charge in [0.25, 0.3) is 17.4 Å². The molecule has 4 N–H and O–H groups in total. The molecule has 198 valence electrons. The first-order valence-corrected chi connectivity index (χ1v) is 11.6. The van der Waals surface area contributed by atoms with Crippen LogP contribution >= 0.6 is 0 Å². The standard InChI is InChI=1S/C26H26N4O8/c1-2-37-26(36)38-15-18(25(34)35)13-28-24(33)21-27-14-19(23(32)30-21)22(31)29-20(16-9-5-3-6-10-16)17-11-7-4-8-12-17/h3-12,14,18,20H,2,13,15H2,1H3,(H,28,33)(H,29,31)(H,34,35)(H,27,30,32). The first-order chi connectivity index (χ1) is 18.3. The Morgan fingerprint density at radius 2 is 1.55 bits per heavy atom. The van der Waals surface area contributed by atoms with Crippen molar-refractivity contribution in [3.8, 4) is 0 Å². The van der Waals surface area contributed by atoms with Gasteiger partial charge in [0.05, 0.1) is 12.6 Å². The zero-order valence-electron chi connectivity index (χ0n) is 20.4. The molecule has 1 aromatic heterocycles.